The van der Waals surface area contributed by atoms with E-state index in [1.807, 2.05) is 0 Å². The van der Waals surface area contributed by atoms with Crippen LogP contribution in [0.1, 0.15) is 93.6 Å². The number of nitrogens with two attached hydrogens (primary N) is 2. The van der Waals surface area contributed by atoms with Crippen LogP contribution in [-0.4, -0.2) is 42.1 Å². The van der Waals surface area contributed by atoms with Crippen LogP contribution < -0.4 is 33.6 Å². The molecule has 2 heterocycles. The summed E-state index contributed by atoms with van der Waals surface area (Å²) >= 11 is 17.9. The number of nitrogen functional groups attached to an aromatic ring is 2. The Kier molecular flexibility index (Phi) is 18.5. The van der Waals surface area contributed by atoms with Gasteiger partial charge in [-0.2, -0.15) is 0 Å². The minimum Gasteiger partial charge on any atom is -0.478 e. The zero-order chi connectivity index (χ0) is 44.6. The Bertz CT molecular complexity index is 2940. The summed E-state index contributed by atoms with van der Waals surface area (Å²) in [5.74, 6) is -3.40. The van der Waals surface area contributed by atoms with Gasteiger partial charge in [0.2, 0.25) is 5.28 Å². The van der Waals surface area contributed by atoms with Crippen LogP contribution in [0.4, 0.5) is 28.9 Å². The van der Waals surface area contributed by atoms with Gasteiger partial charge in [-0.3, -0.25) is 23.5 Å². The molecule has 3 aliphatic rings. The second kappa shape index (κ2) is 22.1. The van der Waals surface area contributed by atoms with Gasteiger partial charge in [-0.25, -0.2) is 32.1 Å². The van der Waals surface area contributed by atoms with E-state index in [4.69, 9.17) is 28.2 Å². The number of nitrogens with one attached hydrogen (secondary N) is 2. The summed E-state index contributed by atoms with van der Waals surface area (Å²) in [5.41, 5.74) is 10.7. The van der Waals surface area contributed by atoms with Crippen LogP contribution >= 0.6 is 75.3 Å². The molecule has 0 atom stereocenters. The van der Waals surface area contributed by atoms with Gasteiger partial charge >= 0.3 is 11.7 Å². The Balaban J connectivity index is 0.000000225. The largest absolute Gasteiger partial charge is 0.478 e. The van der Waals surface area contributed by atoms with Crippen molar-refractivity contribution in [1.82, 2.24) is 24.4 Å². The minimum atomic E-state index is -1.17. The number of carbonyl (C=O) groups excluding carboxylic acids is 1. The number of H-pyrrole nitrogens is 1. The predicted molar refractivity (Wildman–Crippen MR) is 256 cm³/mol. The molecular weight excluding hydrogens is 1130 g/mol. The quantitative estimate of drug-likeness (QED) is 0.0631. The fraction of sp³-hybridized carbons (Fsp3) is 0.286. The SMILES string of the molecule is C.C.C.Nc1c(C(=O)NC2CC2)ccc(F)c1Br.Nc1c(C(=O)O)ccc(F)c1Br.O=c1[nH]c2c(Br)c(F)ccc2c(=O)n1C1CC1.O=c1c2ccc(F)c(Br)c2nc(Cl)n1C1CC1. The van der Waals surface area contributed by atoms with Crippen LogP contribution in [0.15, 0.2) is 80.8 Å². The van der Waals surface area contributed by atoms with Gasteiger partial charge in [-0.1, -0.05) is 22.3 Å². The topological polar surface area (TPSA) is 208 Å². The van der Waals surface area contributed by atoms with Crippen LogP contribution in [0.5, 0.6) is 0 Å². The molecule has 2 aromatic heterocycles. The van der Waals surface area contributed by atoms with Gasteiger partial charge in [-0.15, -0.1) is 0 Å². The van der Waals surface area contributed by atoms with Gasteiger partial charge in [0, 0.05) is 18.1 Å². The molecule has 64 heavy (non-hydrogen) atoms. The zero-order valence-electron chi connectivity index (χ0n) is 31.0. The van der Waals surface area contributed by atoms with Crippen LogP contribution in [0, 0.1) is 23.3 Å². The smallest absolute Gasteiger partial charge is 0.337 e. The lowest BCUT2D eigenvalue weighted by molar-refractivity contribution is 0.0697. The number of carboxylic acid groups (broad SMARTS) is 1. The number of aromatic nitrogens is 4. The summed E-state index contributed by atoms with van der Waals surface area (Å²) < 4.78 is 55.5. The van der Waals surface area contributed by atoms with Crippen LogP contribution in [0.3, 0.4) is 0 Å². The lowest BCUT2D eigenvalue weighted by atomic mass is 10.1. The van der Waals surface area contributed by atoms with Gasteiger partial charge in [-0.05, 0) is 162 Å². The number of aromatic amines is 1. The predicted octanol–water partition coefficient (Wildman–Crippen LogP) is 11.1. The Morgan fingerprint density at radius 3 is 1.62 bits per heavy atom. The summed E-state index contributed by atoms with van der Waals surface area (Å²) in [6.45, 7) is 0. The summed E-state index contributed by atoms with van der Waals surface area (Å²) in [4.78, 5) is 64.8. The molecule has 3 aliphatic carbocycles. The number of benzene rings is 4. The summed E-state index contributed by atoms with van der Waals surface area (Å²) in [5, 5.41) is 12.2. The van der Waals surface area contributed by atoms with Crippen LogP contribution in [-0.2, 0) is 0 Å². The molecule has 3 saturated carbocycles. The number of carbonyl (C=O) groups is 2. The van der Waals surface area contributed by atoms with Gasteiger partial charge in [0.05, 0.1) is 62.2 Å². The first kappa shape index (κ1) is 53.8. The first-order valence-corrected chi connectivity index (χ1v) is 21.6. The van der Waals surface area contributed by atoms with E-state index in [2.05, 4.69) is 79.0 Å². The maximum atomic E-state index is 13.3. The molecule has 22 heteroatoms. The van der Waals surface area contributed by atoms with Crippen molar-refractivity contribution in [3.63, 3.8) is 0 Å². The first-order valence-electron chi connectivity index (χ1n) is 18.0. The number of aromatic carboxylic acids is 1. The lowest BCUT2D eigenvalue weighted by Crippen LogP contribution is -2.34. The number of hydrogen-bond acceptors (Lipinski definition) is 8. The maximum absolute atomic E-state index is 13.3. The second-order valence-corrected chi connectivity index (χ2v) is 17.4. The molecule has 6 aromatic rings. The first-order chi connectivity index (χ1) is 28.8. The van der Waals surface area contributed by atoms with E-state index in [1.165, 1.54) is 45.5 Å². The maximum Gasteiger partial charge on any atom is 0.337 e. The molecule has 0 unspecified atom stereocenters. The number of fused-ring (bicyclic) bond motifs is 2. The van der Waals surface area contributed by atoms with E-state index in [9.17, 15) is 41.5 Å². The van der Waals surface area contributed by atoms with Crippen LogP contribution in [0.2, 0.25) is 5.28 Å². The molecule has 3 fully saturated rings. The zero-order valence-corrected chi connectivity index (χ0v) is 38.1. The molecule has 0 bridgehead atoms. The highest BCUT2D eigenvalue weighted by Gasteiger charge is 2.30. The Hall–Kier alpha value is -4.57. The van der Waals surface area contributed by atoms with E-state index in [0.29, 0.717) is 16.3 Å². The summed E-state index contributed by atoms with van der Waals surface area (Å²) in [7, 11) is 0. The van der Waals surface area contributed by atoms with Gasteiger partial charge < -0.3 is 26.9 Å². The average molecular weight is 1170 g/mol. The third-order valence-electron chi connectivity index (χ3n) is 9.39. The molecule has 7 N–H and O–H groups in total. The van der Waals surface area contributed by atoms with Crippen LogP contribution in [0.25, 0.3) is 21.8 Å². The van der Waals surface area contributed by atoms with E-state index >= 15 is 0 Å². The number of hydrogen-bond donors (Lipinski definition) is 5. The van der Waals surface area contributed by atoms with Crippen molar-refractivity contribution in [3.8, 4) is 0 Å². The summed E-state index contributed by atoms with van der Waals surface area (Å²) in [6.07, 6.45) is 5.58. The minimum absolute atomic E-state index is 0. The molecule has 344 valence electrons. The third kappa shape index (κ3) is 11.8. The summed E-state index contributed by atoms with van der Waals surface area (Å²) in [6, 6.07) is 10.5. The normalized spacial score (nSPS) is 13.6. The average Bonchev–Trinajstić information content (AvgIpc) is 4.04. The van der Waals surface area contributed by atoms with Crippen molar-refractivity contribution in [2.75, 3.05) is 11.5 Å². The highest BCUT2D eigenvalue weighted by atomic mass is 79.9. The van der Waals surface area contributed by atoms with E-state index < -0.39 is 34.9 Å². The number of anilines is 2. The van der Waals surface area contributed by atoms with Crippen molar-refractivity contribution in [2.24, 2.45) is 0 Å². The van der Waals surface area contributed by atoms with Crippen molar-refractivity contribution in [3.05, 3.63) is 137 Å². The fourth-order valence-electron chi connectivity index (χ4n) is 5.74. The number of rotatable bonds is 5. The highest BCUT2D eigenvalue weighted by molar-refractivity contribution is 9.11. The van der Waals surface area contributed by atoms with Crippen molar-refractivity contribution in [1.29, 1.82) is 0 Å². The molecule has 9 rings (SSSR count). The molecule has 4 aromatic carbocycles. The molecule has 1 amide bonds. The lowest BCUT2D eigenvalue weighted by Gasteiger charge is -2.08. The second-order valence-electron chi connectivity index (χ2n) is 13.9. The van der Waals surface area contributed by atoms with Gasteiger partial charge in [0.15, 0.2) is 0 Å². The Morgan fingerprint density at radius 1 is 0.672 bits per heavy atom. The molecular formula is C42H42Br4ClF4N7O6. The number of carboxylic acids is 1. The highest BCUT2D eigenvalue weighted by Crippen LogP contribution is 2.37. The van der Waals surface area contributed by atoms with Gasteiger partial charge in [0.25, 0.3) is 17.0 Å². The monoisotopic (exact) mass is 1170 g/mol. The Morgan fingerprint density at radius 2 is 1.11 bits per heavy atom. The van der Waals surface area contributed by atoms with E-state index in [0.717, 1.165) is 50.7 Å². The molecule has 0 spiro atoms. The molecule has 0 radical (unpaired) electrons. The van der Waals surface area contributed by atoms with Crippen molar-refractivity contribution < 1.29 is 32.3 Å². The standard InChI is InChI=1S/C11H7BrClFN2O.C11H8BrFN2O2.C10H10BrFN2O.C7H5BrFNO2.3CH4/c12-8-7(14)4-3-6-9(8)15-11(13)16(10(6)17)5-1-2-5;12-8-7(13)4-3-6-9(8)14-11(17)15(10(6)16)5-1-2-5;11-8-7(12)4-3-6(9(8)13)10(15)14-5-1-2-5;8-5-4(9)2-1-3(6(5)10)7(11)12;;;/h3-5H,1-2H2;3-5H,1-2H2,(H,14,17);3-5H,1-2,13H2,(H,14,15);1-2H,10H2,(H,11,12);3*1H4. The van der Waals surface area contributed by atoms with E-state index in [-0.39, 0.29) is 109 Å². The third-order valence-corrected chi connectivity index (χ3v) is 12.8. The molecule has 13 nitrogen and oxygen atoms in total. The number of amides is 1. The number of nitrogens with zero attached hydrogens (tertiary/aromatic N) is 3. The van der Waals surface area contributed by atoms with Gasteiger partial charge in [0.1, 0.15) is 23.3 Å². The van der Waals surface area contributed by atoms with Crippen molar-refractivity contribution >= 4 is 120 Å². The van der Waals surface area contributed by atoms with E-state index in [1.54, 1.807) is 0 Å². The Labute approximate surface area is 402 Å². The van der Waals surface area contributed by atoms with Crippen molar-refractivity contribution in [2.45, 2.75) is 78.9 Å². The fourth-order valence-corrected chi connectivity index (χ4v) is 7.61. The molecule has 0 aliphatic heterocycles. The number of halogens is 9. The molecule has 0 saturated heterocycles.